The number of nitrogens with zero attached hydrogens (tertiary/aromatic N) is 4. The second kappa shape index (κ2) is 11.8. The number of hydrogen-bond acceptors (Lipinski definition) is 4. The quantitative estimate of drug-likeness (QED) is 0.463. The summed E-state index contributed by atoms with van der Waals surface area (Å²) in [6.45, 7) is 4.73. The number of anilines is 1. The van der Waals surface area contributed by atoms with Gasteiger partial charge in [0.1, 0.15) is 0 Å². The molecule has 1 aromatic heterocycles. The van der Waals surface area contributed by atoms with Crippen molar-refractivity contribution < 1.29 is 9.59 Å². The Morgan fingerprint density at radius 3 is 2.66 bits per heavy atom. The minimum atomic E-state index is -0.00818. The van der Waals surface area contributed by atoms with Crippen LogP contribution in [0.1, 0.15) is 31.0 Å². The first-order valence-corrected chi connectivity index (χ1v) is 11.1. The molecule has 0 atom stereocenters. The predicted molar refractivity (Wildman–Crippen MR) is 126 cm³/mol. The van der Waals surface area contributed by atoms with Gasteiger partial charge in [0, 0.05) is 57.1 Å². The number of carbonyl (C=O) groups excluding carboxylic acids is 2. The monoisotopic (exact) mass is 436 g/mol. The van der Waals surface area contributed by atoms with Gasteiger partial charge in [-0.2, -0.15) is 0 Å². The van der Waals surface area contributed by atoms with Crippen LogP contribution < -0.4 is 15.5 Å². The van der Waals surface area contributed by atoms with Crippen molar-refractivity contribution in [3.63, 3.8) is 0 Å². The summed E-state index contributed by atoms with van der Waals surface area (Å²) in [7, 11) is 1.80. The van der Waals surface area contributed by atoms with Gasteiger partial charge in [0.15, 0.2) is 5.96 Å². The van der Waals surface area contributed by atoms with Crippen molar-refractivity contribution in [2.75, 3.05) is 38.1 Å². The molecule has 32 heavy (non-hydrogen) atoms. The third kappa shape index (κ3) is 6.80. The molecule has 1 aromatic carbocycles. The van der Waals surface area contributed by atoms with Crippen LogP contribution in [0.5, 0.6) is 0 Å². The Bertz CT molecular complexity index is 914. The molecule has 1 saturated heterocycles. The highest BCUT2D eigenvalue weighted by molar-refractivity contribution is 5.95. The molecule has 1 aliphatic heterocycles. The topological polar surface area (TPSA) is 89.9 Å². The normalized spacial score (nSPS) is 13.9. The Kier molecular flexibility index (Phi) is 8.60. The van der Waals surface area contributed by atoms with E-state index in [0.29, 0.717) is 32.0 Å². The SMILES string of the molecule is CCNC(=NCc1ccc(N2CCCC2=O)cc1)NCC(=O)N(C)CCc1ccccn1. The van der Waals surface area contributed by atoms with Crippen LogP contribution in [0.25, 0.3) is 0 Å². The molecule has 2 heterocycles. The van der Waals surface area contributed by atoms with Crippen LogP contribution in [0.2, 0.25) is 0 Å². The summed E-state index contributed by atoms with van der Waals surface area (Å²) < 4.78 is 0. The van der Waals surface area contributed by atoms with Crippen LogP contribution in [0, 0.1) is 0 Å². The molecule has 8 nitrogen and oxygen atoms in total. The molecule has 0 bridgehead atoms. The average molecular weight is 437 g/mol. The van der Waals surface area contributed by atoms with Crippen molar-refractivity contribution in [1.82, 2.24) is 20.5 Å². The second-order valence-corrected chi connectivity index (χ2v) is 7.75. The minimum absolute atomic E-state index is 0.00818. The highest BCUT2D eigenvalue weighted by Gasteiger charge is 2.21. The number of benzene rings is 1. The van der Waals surface area contributed by atoms with Gasteiger partial charge in [-0.05, 0) is 43.2 Å². The fraction of sp³-hybridized carbons (Fsp3) is 0.417. The maximum atomic E-state index is 12.5. The molecule has 0 saturated carbocycles. The van der Waals surface area contributed by atoms with E-state index in [9.17, 15) is 9.59 Å². The summed E-state index contributed by atoms with van der Waals surface area (Å²) >= 11 is 0. The molecule has 1 aliphatic rings. The number of nitrogens with one attached hydrogen (secondary N) is 2. The highest BCUT2D eigenvalue weighted by atomic mass is 16.2. The number of amides is 2. The Morgan fingerprint density at radius 1 is 1.19 bits per heavy atom. The number of hydrogen-bond donors (Lipinski definition) is 2. The van der Waals surface area contributed by atoms with Crippen molar-refractivity contribution >= 4 is 23.5 Å². The lowest BCUT2D eigenvalue weighted by molar-refractivity contribution is -0.128. The molecule has 2 N–H and O–H groups in total. The third-order valence-corrected chi connectivity index (χ3v) is 5.35. The number of aliphatic imine (C=N–C) groups is 1. The number of likely N-dealkylation sites (N-methyl/N-ethyl adjacent to an activating group) is 1. The van der Waals surface area contributed by atoms with Gasteiger partial charge >= 0.3 is 0 Å². The Balaban J connectivity index is 1.48. The van der Waals surface area contributed by atoms with Gasteiger partial charge in [0.25, 0.3) is 0 Å². The Labute approximate surface area is 189 Å². The average Bonchev–Trinajstić information content (AvgIpc) is 3.25. The van der Waals surface area contributed by atoms with Crippen LogP contribution in [-0.2, 0) is 22.6 Å². The zero-order chi connectivity index (χ0) is 22.8. The summed E-state index contributed by atoms with van der Waals surface area (Å²) in [5.74, 6) is 0.771. The van der Waals surface area contributed by atoms with Crippen LogP contribution in [0.4, 0.5) is 5.69 Å². The molecular formula is C24H32N6O2. The molecular weight excluding hydrogens is 404 g/mol. The lowest BCUT2D eigenvalue weighted by Gasteiger charge is -2.18. The van der Waals surface area contributed by atoms with E-state index in [1.807, 2.05) is 54.3 Å². The first-order valence-electron chi connectivity index (χ1n) is 11.1. The van der Waals surface area contributed by atoms with Gasteiger partial charge in [-0.3, -0.25) is 14.6 Å². The predicted octanol–water partition coefficient (Wildman–Crippen LogP) is 1.96. The van der Waals surface area contributed by atoms with Gasteiger partial charge in [-0.15, -0.1) is 0 Å². The number of aromatic nitrogens is 1. The maximum absolute atomic E-state index is 12.5. The standard InChI is InChI=1S/C24H32N6O2/c1-3-25-24(28-18-23(32)29(2)16-13-20-7-4-5-14-26-20)27-17-19-9-11-21(12-10-19)30-15-6-8-22(30)31/h4-5,7,9-12,14H,3,6,8,13,15-18H2,1-2H3,(H2,25,27,28). The van der Waals surface area contributed by atoms with E-state index in [-0.39, 0.29) is 18.4 Å². The van der Waals surface area contributed by atoms with Crippen LogP contribution in [0.15, 0.2) is 53.7 Å². The number of rotatable bonds is 9. The third-order valence-electron chi connectivity index (χ3n) is 5.35. The zero-order valence-corrected chi connectivity index (χ0v) is 18.9. The maximum Gasteiger partial charge on any atom is 0.241 e. The Hall–Kier alpha value is -3.42. The minimum Gasteiger partial charge on any atom is -0.357 e. The molecule has 0 aliphatic carbocycles. The number of guanidine groups is 1. The summed E-state index contributed by atoms with van der Waals surface area (Å²) in [5.41, 5.74) is 2.94. The van der Waals surface area contributed by atoms with Crippen molar-refractivity contribution in [2.45, 2.75) is 32.7 Å². The van der Waals surface area contributed by atoms with Crippen molar-refractivity contribution in [3.05, 3.63) is 59.9 Å². The van der Waals surface area contributed by atoms with E-state index in [0.717, 1.165) is 36.3 Å². The lowest BCUT2D eigenvalue weighted by Crippen LogP contribution is -2.44. The lowest BCUT2D eigenvalue weighted by atomic mass is 10.2. The molecule has 0 unspecified atom stereocenters. The van der Waals surface area contributed by atoms with Gasteiger partial charge < -0.3 is 20.4 Å². The van der Waals surface area contributed by atoms with E-state index in [1.165, 1.54) is 0 Å². The molecule has 3 rings (SSSR count). The smallest absolute Gasteiger partial charge is 0.241 e. The van der Waals surface area contributed by atoms with Crippen LogP contribution in [0.3, 0.4) is 0 Å². The van der Waals surface area contributed by atoms with Crippen molar-refractivity contribution in [1.29, 1.82) is 0 Å². The summed E-state index contributed by atoms with van der Waals surface area (Å²) in [6, 6.07) is 13.7. The molecule has 1 fully saturated rings. The molecule has 170 valence electrons. The van der Waals surface area contributed by atoms with E-state index in [1.54, 1.807) is 18.1 Å². The fourth-order valence-corrected chi connectivity index (χ4v) is 3.46. The van der Waals surface area contributed by atoms with Crippen LogP contribution >= 0.6 is 0 Å². The van der Waals surface area contributed by atoms with Gasteiger partial charge in [0.2, 0.25) is 11.8 Å². The fourth-order valence-electron chi connectivity index (χ4n) is 3.46. The Morgan fingerprint density at radius 2 is 2.00 bits per heavy atom. The number of pyridine rings is 1. The molecule has 2 amide bonds. The second-order valence-electron chi connectivity index (χ2n) is 7.75. The highest BCUT2D eigenvalue weighted by Crippen LogP contribution is 2.21. The van der Waals surface area contributed by atoms with E-state index < -0.39 is 0 Å². The van der Waals surface area contributed by atoms with Gasteiger partial charge in [0.05, 0.1) is 13.1 Å². The molecule has 2 aromatic rings. The molecule has 0 spiro atoms. The van der Waals surface area contributed by atoms with Gasteiger partial charge in [-0.1, -0.05) is 18.2 Å². The summed E-state index contributed by atoms with van der Waals surface area (Å²) in [5, 5.41) is 6.28. The first kappa shape index (κ1) is 23.2. The zero-order valence-electron chi connectivity index (χ0n) is 18.9. The molecule has 0 radical (unpaired) electrons. The molecule has 8 heteroatoms. The summed E-state index contributed by atoms with van der Waals surface area (Å²) in [6.07, 6.45) is 4.02. The van der Waals surface area contributed by atoms with E-state index in [2.05, 4.69) is 20.6 Å². The largest absolute Gasteiger partial charge is 0.357 e. The van der Waals surface area contributed by atoms with E-state index in [4.69, 9.17) is 0 Å². The van der Waals surface area contributed by atoms with Gasteiger partial charge in [-0.25, -0.2) is 4.99 Å². The van der Waals surface area contributed by atoms with Crippen molar-refractivity contribution in [3.8, 4) is 0 Å². The van der Waals surface area contributed by atoms with Crippen molar-refractivity contribution in [2.24, 2.45) is 4.99 Å². The van der Waals surface area contributed by atoms with E-state index >= 15 is 0 Å². The van der Waals surface area contributed by atoms with Crippen LogP contribution in [-0.4, -0.2) is 60.9 Å². The summed E-state index contributed by atoms with van der Waals surface area (Å²) in [4.78, 5) is 36.8. The first-order chi connectivity index (χ1) is 15.6. The number of carbonyl (C=O) groups is 2.